The Balaban J connectivity index is 1.43. The molecule has 1 amide bonds. The van der Waals surface area contributed by atoms with Crippen LogP contribution in [0.2, 0.25) is 0 Å². The smallest absolute Gasteiger partial charge is 0.418 e. The number of ether oxygens (including phenoxy) is 2. The molecule has 1 unspecified atom stereocenters. The van der Waals surface area contributed by atoms with Crippen LogP contribution >= 0.6 is 0 Å². The molecule has 0 spiro atoms. The number of non-ortho nitro benzene ring substituents is 1. The van der Waals surface area contributed by atoms with Crippen LogP contribution in [0.5, 0.6) is 0 Å². The zero-order valence-electron chi connectivity index (χ0n) is 19.0. The van der Waals surface area contributed by atoms with Gasteiger partial charge in [0.15, 0.2) is 0 Å². The average molecular weight is 463 g/mol. The standard InChI is InChI=1S/C26H26N2O6/c1-17-24(25(29)33-2)22(19-9-6-10-21(15-19)28(31)32)11-13-27(17)26(30)34-14-12-20-16-23(20)18-7-4-3-5-8-18/h3-11,13,15,20,22-23H,12,14,16H2,1-2H3/t20-,22?,23+/m1/s1. The van der Waals surface area contributed by atoms with Crippen molar-refractivity contribution in [1.82, 2.24) is 4.90 Å². The van der Waals surface area contributed by atoms with Gasteiger partial charge < -0.3 is 9.47 Å². The predicted molar refractivity (Wildman–Crippen MR) is 125 cm³/mol. The molecule has 176 valence electrons. The van der Waals surface area contributed by atoms with Gasteiger partial charge in [0.1, 0.15) is 0 Å². The molecule has 1 fully saturated rings. The van der Waals surface area contributed by atoms with Gasteiger partial charge in [0, 0.05) is 29.9 Å². The third-order valence-corrected chi connectivity index (χ3v) is 6.40. The van der Waals surface area contributed by atoms with Gasteiger partial charge in [-0.2, -0.15) is 0 Å². The maximum absolute atomic E-state index is 12.8. The van der Waals surface area contributed by atoms with Crippen molar-refractivity contribution >= 4 is 17.7 Å². The molecule has 8 heteroatoms. The molecule has 0 aromatic heterocycles. The normalized spacial score (nSPS) is 21.2. The molecule has 34 heavy (non-hydrogen) atoms. The molecule has 2 aromatic carbocycles. The van der Waals surface area contributed by atoms with Crippen LogP contribution in [0.4, 0.5) is 10.5 Å². The van der Waals surface area contributed by atoms with Crippen molar-refractivity contribution in [3.05, 3.63) is 99.4 Å². The van der Waals surface area contributed by atoms with E-state index in [0.29, 0.717) is 23.1 Å². The third kappa shape index (κ3) is 4.85. The van der Waals surface area contributed by atoms with E-state index in [1.165, 1.54) is 35.9 Å². The Labute approximate surface area is 197 Å². The first kappa shape index (κ1) is 23.2. The summed E-state index contributed by atoms with van der Waals surface area (Å²) in [6.45, 7) is 1.92. The van der Waals surface area contributed by atoms with E-state index in [1.54, 1.807) is 25.1 Å². The number of benzene rings is 2. The molecular weight excluding hydrogens is 436 g/mol. The number of hydrogen-bond donors (Lipinski definition) is 0. The monoisotopic (exact) mass is 462 g/mol. The van der Waals surface area contributed by atoms with Crippen LogP contribution in [0.3, 0.4) is 0 Å². The molecule has 4 rings (SSSR count). The van der Waals surface area contributed by atoms with Crippen molar-refractivity contribution < 1.29 is 24.0 Å². The lowest BCUT2D eigenvalue weighted by molar-refractivity contribution is -0.384. The van der Waals surface area contributed by atoms with E-state index in [4.69, 9.17) is 9.47 Å². The van der Waals surface area contributed by atoms with E-state index in [0.717, 1.165) is 12.8 Å². The van der Waals surface area contributed by atoms with Crippen LogP contribution in [0.25, 0.3) is 0 Å². The average Bonchev–Trinajstić information content (AvgIpc) is 3.63. The molecule has 3 atom stereocenters. The van der Waals surface area contributed by atoms with Gasteiger partial charge in [-0.15, -0.1) is 0 Å². The summed E-state index contributed by atoms with van der Waals surface area (Å²) in [4.78, 5) is 37.4. The summed E-state index contributed by atoms with van der Waals surface area (Å²) < 4.78 is 10.4. The number of esters is 1. The van der Waals surface area contributed by atoms with Crippen molar-refractivity contribution in [2.24, 2.45) is 5.92 Å². The topological polar surface area (TPSA) is 99.0 Å². The van der Waals surface area contributed by atoms with E-state index >= 15 is 0 Å². The molecule has 1 aliphatic heterocycles. The van der Waals surface area contributed by atoms with Crippen molar-refractivity contribution in [3.8, 4) is 0 Å². The largest absolute Gasteiger partial charge is 0.466 e. The summed E-state index contributed by atoms with van der Waals surface area (Å²) in [5.41, 5.74) is 2.38. The molecule has 1 heterocycles. The van der Waals surface area contributed by atoms with Gasteiger partial charge >= 0.3 is 12.1 Å². The van der Waals surface area contributed by atoms with Crippen molar-refractivity contribution in [2.45, 2.75) is 31.6 Å². The van der Waals surface area contributed by atoms with Gasteiger partial charge in [0.05, 0.1) is 24.2 Å². The SMILES string of the molecule is COC(=O)C1=C(C)N(C(=O)OCC[C@@H]2C[C@H]2c2ccccc2)C=CC1c1cccc([N+](=O)[O-])c1. The number of nitrogens with zero attached hydrogens (tertiary/aromatic N) is 2. The van der Waals surface area contributed by atoms with Crippen LogP contribution in [0.15, 0.2) is 78.1 Å². The minimum Gasteiger partial charge on any atom is -0.466 e. The highest BCUT2D eigenvalue weighted by molar-refractivity contribution is 5.93. The lowest BCUT2D eigenvalue weighted by Crippen LogP contribution is -2.31. The minimum atomic E-state index is -0.611. The predicted octanol–water partition coefficient (Wildman–Crippen LogP) is 5.29. The Bertz CT molecular complexity index is 1160. The Morgan fingerprint density at radius 2 is 1.85 bits per heavy atom. The minimum absolute atomic E-state index is 0.0801. The first-order chi connectivity index (χ1) is 16.4. The summed E-state index contributed by atoms with van der Waals surface area (Å²) in [7, 11) is 1.26. The molecule has 1 saturated carbocycles. The fourth-order valence-electron chi connectivity index (χ4n) is 4.47. The van der Waals surface area contributed by atoms with Crippen LogP contribution in [0.1, 0.15) is 42.7 Å². The van der Waals surface area contributed by atoms with Crippen molar-refractivity contribution in [1.29, 1.82) is 0 Å². The first-order valence-corrected chi connectivity index (χ1v) is 11.1. The highest BCUT2D eigenvalue weighted by Crippen LogP contribution is 2.49. The molecule has 2 aliphatic rings. The van der Waals surface area contributed by atoms with Gasteiger partial charge in [-0.3, -0.25) is 15.0 Å². The number of allylic oxidation sites excluding steroid dienone is 2. The number of carbonyl (C=O) groups excluding carboxylic acids is 2. The zero-order valence-corrected chi connectivity index (χ0v) is 19.0. The molecule has 0 bridgehead atoms. The van der Waals surface area contributed by atoms with Crippen molar-refractivity contribution in [3.63, 3.8) is 0 Å². The quantitative estimate of drug-likeness (QED) is 0.315. The maximum atomic E-state index is 12.8. The van der Waals surface area contributed by atoms with Gasteiger partial charge in [0.2, 0.25) is 0 Å². The van der Waals surface area contributed by atoms with Crippen molar-refractivity contribution in [2.75, 3.05) is 13.7 Å². The Morgan fingerprint density at radius 3 is 2.56 bits per heavy atom. The molecule has 8 nitrogen and oxygen atoms in total. The molecule has 0 N–H and O–H groups in total. The number of carbonyl (C=O) groups is 2. The zero-order chi connectivity index (χ0) is 24.2. The van der Waals surface area contributed by atoms with Crippen LogP contribution in [-0.2, 0) is 14.3 Å². The van der Waals surface area contributed by atoms with E-state index in [2.05, 4.69) is 12.1 Å². The number of rotatable bonds is 7. The molecule has 0 radical (unpaired) electrons. The summed E-state index contributed by atoms with van der Waals surface area (Å²) in [5.74, 6) is -0.194. The van der Waals surface area contributed by atoms with Crippen LogP contribution < -0.4 is 0 Å². The number of nitro benzene ring substituents is 1. The van der Waals surface area contributed by atoms with Gasteiger partial charge in [-0.25, -0.2) is 9.59 Å². The number of nitro groups is 1. The lowest BCUT2D eigenvalue weighted by Gasteiger charge is -2.29. The molecule has 0 saturated heterocycles. The highest BCUT2D eigenvalue weighted by atomic mass is 16.6. The summed E-state index contributed by atoms with van der Waals surface area (Å²) in [6, 6.07) is 16.4. The summed E-state index contributed by atoms with van der Waals surface area (Å²) >= 11 is 0. The second kappa shape index (κ2) is 9.91. The Kier molecular flexibility index (Phi) is 6.77. The van der Waals surface area contributed by atoms with Crippen LogP contribution in [0, 0.1) is 16.0 Å². The lowest BCUT2D eigenvalue weighted by atomic mass is 9.87. The Hall–Kier alpha value is -3.94. The highest BCUT2D eigenvalue weighted by Gasteiger charge is 2.38. The second-order valence-electron chi connectivity index (χ2n) is 8.45. The van der Waals surface area contributed by atoms with E-state index in [-0.39, 0.29) is 17.9 Å². The molecular formula is C26H26N2O6. The van der Waals surface area contributed by atoms with Gasteiger partial charge in [-0.05, 0) is 42.7 Å². The van der Waals surface area contributed by atoms with E-state index < -0.39 is 22.9 Å². The number of amides is 1. The number of methoxy groups -OCH3 is 1. The van der Waals surface area contributed by atoms with Gasteiger partial charge in [-0.1, -0.05) is 48.5 Å². The summed E-state index contributed by atoms with van der Waals surface area (Å²) in [6.07, 6.45) is 4.46. The second-order valence-corrected chi connectivity index (χ2v) is 8.45. The van der Waals surface area contributed by atoms with Gasteiger partial charge in [0.25, 0.3) is 5.69 Å². The fraction of sp³-hybridized carbons (Fsp3) is 0.308. The fourth-order valence-corrected chi connectivity index (χ4v) is 4.47. The van der Waals surface area contributed by atoms with Crippen LogP contribution in [-0.4, -0.2) is 35.6 Å². The maximum Gasteiger partial charge on any atom is 0.418 e. The summed E-state index contributed by atoms with van der Waals surface area (Å²) in [5, 5.41) is 11.2. The third-order valence-electron chi connectivity index (χ3n) is 6.40. The number of hydrogen-bond acceptors (Lipinski definition) is 6. The van der Waals surface area contributed by atoms with E-state index in [9.17, 15) is 19.7 Å². The Morgan fingerprint density at radius 1 is 1.12 bits per heavy atom. The van der Waals surface area contributed by atoms with E-state index in [1.807, 2.05) is 18.2 Å². The molecule has 2 aromatic rings. The first-order valence-electron chi connectivity index (χ1n) is 11.1. The molecule has 1 aliphatic carbocycles.